The summed E-state index contributed by atoms with van der Waals surface area (Å²) in [6, 6.07) is 14.8. The fourth-order valence-corrected chi connectivity index (χ4v) is 3.58. The summed E-state index contributed by atoms with van der Waals surface area (Å²) in [6.45, 7) is 2.72. The summed E-state index contributed by atoms with van der Waals surface area (Å²) in [4.78, 5) is 2.18. The number of thioether (sulfide) groups is 1. The van der Waals surface area contributed by atoms with Crippen LogP contribution in [-0.2, 0) is 6.67 Å². The molecule has 0 aliphatic carbocycles. The molecule has 6 heteroatoms. The van der Waals surface area contributed by atoms with Crippen molar-refractivity contribution in [1.29, 1.82) is 0 Å². The molecule has 0 saturated heterocycles. The van der Waals surface area contributed by atoms with Crippen LogP contribution in [0, 0.1) is 12.7 Å². The molecule has 0 N–H and O–H groups in total. The first-order chi connectivity index (χ1) is 11.2. The minimum Gasteiger partial charge on any atom is -0.344 e. The van der Waals surface area contributed by atoms with Gasteiger partial charge in [0.05, 0.1) is 12.5 Å². The van der Waals surface area contributed by atoms with Crippen molar-refractivity contribution >= 4 is 17.4 Å². The zero-order chi connectivity index (χ0) is 15.8. The van der Waals surface area contributed by atoms with Gasteiger partial charge in [-0.2, -0.15) is 0 Å². The molecule has 4 nitrogen and oxygen atoms in total. The van der Waals surface area contributed by atoms with Gasteiger partial charge in [-0.25, -0.2) is 4.39 Å². The van der Waals surface area contributed by atoms with Crippen LogP contribution in [0.5, 0.6) is 0 Å². The van der Waals surface area contributed by atoms with Gasteiger partial charge in [-0.05, 0) is 37.3 Å². The number of halogens is 1. The highest BCUT2D eigenvalue weighted by Crippen LogP contribution is 2.31. The molecule has 0 bridgehead atoms. The molecule has 0 spiro atoms. The Balaban J connectivity index is 1.69. The van der Waals surface area contributed by atoms with Crippen molar-refractivity contribution in [3.63, 3.8) is 0 Å². The Kier molecular flexibility index (Phi) is 3.53. The van der Waals surface area contributed by atoms with E-state index in [1.807, 2.05) is 12.1 Å². The molecule has 23 heavy (non-hydrogen) atoms. The molecule has 116 valence electrons. The van der Waals surface area contributed by atoms with Crippen molar-refractivity contribution < 1.29 is 4.39 Å². The summed E-state index contributed by atoms with van der Waals surface area (Å²) in [5.41, 5.74) is 3.25. The second-order valence-electron chi connectivity index (χ2n) is 5.53. The van der Waals surface area contributed by atoms with Gasteiger partial charge in [-0.15, -0.1) is 10.2 Å². The monoisotopic (exact) mass is 326 g/mol. The van der Waals surface area contributed by atoms with Crippen LogP contribution >= 0.6 is 11.8 Å². The average molecular weight is 326 g/mol. The van der Waals surface area contributed by atoms with E-state index in [9.17, 15) is 4.39 Å². The Bertz CT molecular complexity index is 844. The van der Waals surface area contributed by atoms with Crippen molar-refractivity contribution in [2.24, 2.45) is 0 Å². The van der Waals surface area contributed by atoms with E-state index in [1.54, 1.807) is 23.9 Å². The highest BCUT2D eigenvalue weighted by Gasteiger charge is 2.22. The third-order valence-corrected chi connectivity index (χ3v) is 4.85. The maximum atomic E-state index is 13.1. The lowest BCUT2D eigenvalue weighted by molar-refractivity contribution is 0.605. The summed E-state index contributed by atoms with van der Waals surface area (Å²) in [6.07, 6.45) is 0. The van der Waals surface area contributed by atoms with Gasteiger partial charge in [-0.3, -0.25) is 4.57 Å². The zero-order valence-corrected chi connectivity index (χ0v) is 13.4. The summed E-state index contributed by atoms with van der Waals surface area (Å²) in [5.74, 6) is 1.42. The number of fused-ring (bicyclic) bond motifs is 1. The van der Waals surface area contributed by atoms with Gasteiger partial charge in [0, 0.05) is 11.3 Å². The minimum absolute atomic E-state index is 0.219. The Morgan fingerprint density at radius 2 is 1.91 bits per heavy atom. The standard InChI is InChI=1S/C17H15FN4S/c1-12-3-2-4-13(9-12)16-19-20-17-22(16)10-21(11-23-17)15-7-5-14(18)6-8-15/h2-9H,10-11H2,1H3. The van der Waals surface area contributed by atoms with E-state index in [4.69, 9.17) is 0 Å². The van der Waals surface area contributed by atoms with E-state index < -0.39 is 0 Å². The first kappa shape index (κ1) is 14.3. The topological polar surface area (TPSA) is 34.0 Å². The van der Waals surface area contributed by atoms with Crippen molar-refractivity contribution in [2.45, 2.75) is 18.7 Å². The van der Waals surface area contributed by atoms with Gasteiger partial charge in [0.25, 0.3) is 0 Å². The Morgan fingerprint density at radius 1 is 1.09 bits per heavy atom. The molecule has 2 aromatic carbocycles. The van der Waals surface area contributed by atoms with E-state index in [0.717, 1.165) is 28.1 Å². The Hall–Kier alpha value is -2.34. The fraction of sp³-hybridized carbons (Fsp3) is 0.176. The summed E-state index contributed by atoms with van der Waals surface area (Å²) in [5, 5.41) is 9.57. The van der Waals surface area contributed by atoms with Crippen LogP contribution in [0.25, 0.3) is 11.4 Å². The number of hydrogen-bond donors (Lipinski definition) is 0. The van der Waals surface area contributed by atoms with Crippen LogP contribution in [0.2, 0.25) is 0 Å². The third kappa shape index (κ3) is 2.70. The Morgan fingerprint density at radius 3 is 2.70 bits per heavy atom. The molecular formula is C17H15FN4S. The first-order valence-electron chi connectivity index (χ1n) is 7.34. The van der Waals surface area contributed by atoms with Crippen LogP contribution in [0.3, 0.4) is 0 Å². The molecule has 0 amide bonds. The van der Waals surface area contributed by atoms with Crippen molar-refractivity contribution in [1.82, 2.24) is 14.8 Å². The molecule has 0 unspecified atom stereocenters. The number of nitrogens with zero attached hydrogens (tertiary/aromatic N) is 4. The van der Waals surface area contributed by atoms with Gasteiger partial charge >= 0.3 is 0 Å². The third-order valence-electron chi connectivity index (χ3n) is 3.85. The van der Waals surface area contributed by atoms with Gasteiger partial charge in [0.1, 0.15) is 5.82 Å². The molecule has 1 aliphatic heterocycles. The highest BCUT2D eigenvalue weighted by molar-refractivity contribution is 7.99. The molecule has 0 atom stereocenters. The molecule has 0 radical (unpaired) electrons. The lowest BCUT2D eigenvalue weighted by Crippen LogP contribution is -2.30. The minimum atomic E-state index is -0.219. The summed E-state index contributed by atoms with van der Waals surface area (Å²) >= 11 is 1.64. The van der Waals surface area contributed by atoms with Gasteiger partial charge < -0.3 is 4.90 Å². The number of anilines is 1. The Labute approximate surface area is 138 Å². The number of aryl methyl sites for hydroxylation is 1. The number of aromatic nitrogens is 3. The normalized spacial score (nSPS) is 13.9. The van der Waals surface area contributed by atoms with Gasteiger partial charge in [0.15, 0.2) is 11.0 Å². The van der Waals surface area contributed by atoms with E-state index in [0.29, 0.717) is 6.67 Å². The maximum Gasteiger partial charge on any atom is 0.194 e. The summed E-state index contributed by atoms with van der Waals surface area (Å²) in [7, 11) is 0. The van der Waals surface area contributed by atoms with Crippen molar-refractivity contribution in [2.75, 3.05) is 10.8 Å². The van der Waals surface area contributed by atoms with Crippen LogP contribution in [0.4, 0.5) is 10.1 Å². The van der Waals surface area contributed by atoms with Crippen LogP contribution in [0.15, 0.2) is 53.7 Å². The maximum absolute atomic E-state index is 13.1. The summed E-state index contributed by atoms with van der Waals surface area (Å²) < 4.78 is 15.2. The smallest absolute Gasteiger partial charge is 0.194 e. The molecular weight excluding hydrogens is 311 g/mol. The van der Waals surface area contributed by atoms with Crippen LogP contribution < -0.4 is 4.90 Å². The largest absolute Gasteiger partial charge is 0.344 e. The van der Waals surface area contributed by atoms with Crippen molar-refractivity contribution in [3.05, 3.63) is 59.9 Å². The SMILES string of the molecule is Cc1cccc(-c2nnc3n2CN(c2ccc(F)cc2)CS3)c1. The number of benzene rings is 2. The molecule has 3 aromatic rings. The van der Waals surface area contributed by atoms with Crippen molar-refractivity contribution in [3.8, 4) is 11.4 Å². The predicted molar refractivity (Wildman–Crippen MR) is 89.8 cm³/mol. The van der Waals surface area contributed by atoms with E-state index in [2.05, 4.69) is 38.7 Å². The second-order valence-corrected chi connectivity index (χ2v) is 6.45. The van der Waals surface area contributed by atoms with E-state index >= 15 is 0 Å². The number of rotatable bonds is 2. The van der Waals surface area contributed by atoms with Crippen LogP contribution in [-0.4, -0.2) is 20.6 Å². The van der Waals surface area contributed by atoms with Gasteiger partial charge in [0.2, 0.25) is 0 Å². The van der Waals surface area contributed by atoms with Gasteiger partial charge in [-0.1, -0.05) is 35.5 Å². The number of hydrogen-bond acceptors (Lipinski definition) is 4. The molecule has 4 rings (SSSR count). The lowest BCUT2D eigenvalue weighted by atomic mass is 10.1. The quantitative estimate of drug-likeness (QED) is 0.715. The zero-order valence-electron chi connectivity index (χ0n) is 12.6. The molecule has 0 fully saturated rings. The lowest BCUT2D eigenvalue weighted by Gasteiger charge is -2.29. The highest BCUT2D eigenvalue weighted by atomic mass is 32.2. The first-order valence-corrected chi connectivity index (χ1v) is 8.33. The molecule has 0 saturated carbocycles. The van der Waals surface area contributed by atoms with Crippen LogP contribution in [0.1, 0.15) is 5.56 Å². The second kappa shape index (κ2) is 5.70. The van der Waals surface area contributed by atoms with E-state index in [-0.39, 0.29) is 5.82 Å². The predicted octanol–water partition coefficient (Wildman–Crippen LogP) is 3.92. The average Bonchev–Trinajstić information content (AvgIpc) is 2.98. The van der Waals surface area contributed by atoms with E-state index in [1.165, 1.54) is 17.7 Å². The molecule has 1 aliphatic rings. The molecule has 2 heterocycles. The fourth-order valence-electron chi connectivity index (χ4n) is 2.68. The molecule has 1 aromatic heterocycles.